The number of ether oxygens (including phenoxy) is 1. The molecule has 1 aromatic carbocycles. The molecule has 0 aliphatic heterocycles. The number of nitrogens with one attached hydrogen (secondary N) is 1. The van der Waals surface area contributed by atoms with Gasteiger partial charge < -0.3 is 14.5 Å². The molecule has 0 saturated heterocycles. The van der Waals surface area contributed by atoms with Gasteiger partial charge >= 0.3 is 5.97 Å². The van der Waals surface area contributed by atoms with Crippen molar-refractivity contribution in [2.24, 2.45) is 0 Å². The number of para-hydroxylation sites is 1. The fourth-order valence-electron chi connectivity index (χ4n) is 3.82. The van der Waals surface area contributed by atoms with Crippen molar-refractivity contribution in [2.75, 3.05) is 6.61 Å². The highest BCUT2D eigenvalue weighted by molar-refractivity contribution is 6.07. The first-order valence-electron chi connectivity index (χ1n) is 10.2. The van der Waals surface area contributed by atoms with Crippen LogP contribution in [0.3, 0.4) is 0 Å². The Labute approximate surface area is 174 Å². The Morgan fingerprint density at radius 3 is 2.80 bits per heavy atom. The third kappa shape index (κ3) is 4.13. The maximum atomic E-state index is 13.1. The van der Waals surface area contributed by atoms with Gasteiger partial charge in [0.2, 0.25) is 0 Å². The Balaban J connectivity index is 1.75. The molecule has 3 aromatic rings. The largest absolute Gasteiger partial charge is 0.465 e. The minimum Gasteiger partial charge on any atom is -0.465 e. The molecule has 0 radical (unpaired) electrons. The highest BCUT2D eigenvalue weighted by Gasteiger charge is 2.26. The van der Waals surface area contributed by atoms with Crippen molar-refractivity contribution in [1.82, 2.24) is 10.3 Å². The molecule has 6 nitrogen and oxygen atoms in total. The van der Waals surface area contributed by atoms with Crippen molar-refractivity contribution in [2.45, 2.75) is 39.2 Å². The van der Waals surface area contributed by atoms with Crippen molar-refractivity contribution in [3.05, 3.63) is 65.2 Å². The molecule has 2 heterocycles. The summed E-state index contributed by atoms with van der Waals surface area (Å²) in [5.41, 5.74) is 3.92. The molecule has 0 spiro atoms. The molecule has 0 saturated carbocycles. The summed E-state index contributed by atoms with van der Waals surface area (Å²) in [6.45, 7) is 3.41. The van der Waals surface area contributed by atoms with Crippen LogP contribution in [0.25, 0.3) is 22.6 Å². The number of pyridine rings is 1. The zero-order chi connectivity index (χ0) is 21.1. The first kappa shape index (κ1) is 19.9. The second-order valence-electron chi connectivity index (χ2n) is 7.67. The lowest BCUT2D eigenvalue weighted by atomic mass is 9.86. The first-order chi connectivity index (χ1) is 14.5. The van der Waals surface area contributed by atoms with Gasteiger partial charge in [-0.25, -0.2) is 9.78 Å². The quantitative estimate of drug-likeness (QED) is 0.638. The van der Waals surface area contributed by atoms with Gasteiger partial charge in [0.05, 0.1) is 23.0 Å². The molecule has 0 fully saturated rings. The number of allylic oxidation sites excluding steroid dienone is 1. The van der Waals surface area contributed by atoms with E-state index < -0.39 is 5.97 Å². The smallest absolute Gasteiger partial charge is 0.339 e. The van der Waals surface area contributed by atoms with Crippen LogP contribution in [-0.2, 0) is 16.0 Å². The van der Waals surface area contributed by atoms with Crippen LogP contribution in [0.2, 0.25) is 0 Å². The van der Waals surface area contributed by atoms with E-state index in [9.17, 15) is 9.59 Å². The summed E-state index contributed by atoms with van der Waals surface area (Å²) in [6, 6.07) is 11.3. The van der Waals surface area contributed by atoms with E-state index in [0.29, 0.717) is 5.56 Å². The van der Waals surface area contributed by atoms with Gasteiger partial charge in [0, 0.05) is 11.4 Å². The van der Waals surface area contributed by atoms with Crippen LogP contribution in [0.1, 0.15) is 54.1 Å². The van der Waals surface area contributed by atoms with E-state index >= 15 is 0 Å². The number of hydrogen-bond acceptors (Lipinski definition) is 5. The van der Waals surface area contributed by atoms with Crippen LogP contribution in [0.15, 0.2) is 47.1 Å². The average molecular weight is 404 g/mol. The van der Waals surface area contributed by atoms with E-state index in [-0.39, 0.29) is 18.6 Å². The molecular weight excluding hydrogens is 380 g/mol. The zero-order valence-corrected chi connectivity index (χ0v) is 17.1. The third-order valence-corrected chi connectivity index (χ3v) is 5.02. The van der Waals surface area contributed by atoms with E-state index in [1.807, 2.05) is 56.3 Å². The number of nitrogens with zero attached hydrogens (tertiary/aromatic N) is 1. The van der Waals surface area contributed by atoms with E-state index in [1.54, 1.807) is 6.26 Å². The molecule has 154 valence electrons. The number of amides is 1. The highest BCUT2D eigenvalue weighted by Crippen LogP contribution is 2.36. The van der Waals surface area contributed by atoms with Gasteiger partial charge in [0.15, 0.2) is 6.61 Å². The van der Waals surface area contributed by atoms with Crippen LogP contribution in [0.4, 0.5) is 0 Å². The Kier molecular flexibility index (Phi) is 5.65. The second kappa shape index (κ2) is 8.53. The fraction of sp³-hybridized carbons (Fsp3) is 0.292. The van der Waals surface area contributed by atoms with Crippen molar-refractivity contribution >= 4 is 34.4 Å². The Hall–Kier alpha value is -3.41. The molecule has 30 heavy (non-hydrogen) atoms. The lowest BCUT2D eigenvalue weighted by molar-refractivity contribution is -0.124. The minimum absolute atomic E-state index is 0.0139. The summed E-state index contributed by atoms with van der Waals surface area (Å²) in [5.74, 6) is -0.0609. The standard InChI is InChI=1S/C24H24N2O4/c1-15(2)25-21(27)14-30-24(28)22-18-9-3-4-11-20(18)26-23-16(7-5-10-19(22)23)13-17-8-6-12-29-17/h3-4,6,8-9,11-13,15H,5,7,10,14H2,1-2H3,(H,25,27)/b16-13-. The maximum absolute atomic E-state index is 13.1. The molecule has 0 bridgehead atoms. The number of esters is 1. The molecule has 0 atom stereocenters. The predicted molar refractivity (Wildman–Crippen MR) is 115 cm³/mol. The van der Waals surface area contributed by atoms with E-state index in [4.69, 9.17) is 14.1 Å². The van der Waals surface area contributed by atoms with Crippen LogP contribution in [0.5, 0.6) is 0 Å². The second-order valence-corrected chi connectivity index (χ2v) is 7.67. The molecule has 2 aromatic heterocycles. The molecule has 0 unspecified atom stereocenters. The third-order valence-electron chi connectivity index (χ3n) is 5.02. The summed E-state index contributed by atoms with van der Waals surface area (Å²) < 4.78 is 10.9. The van der Waals surface area contributed by atoms with Gasteiger partial charge in [-0.1, -0.05) is 18.2 Å². The van der Waals surface area contributed by atoms with Crippen molar-refractivity contribution < 1.29 is 18.7 Å². The molecule has 1 aliphatic carbocycles. The van der Waals surface area contributed by atoms with Gasteiger partial charge in [0.25, 0.3) is 5.91 Å². The highest BCUT2D eigenvalue weighted by atomic mass is 16.5. The van der Waals surface area contributed by atoms with Crippen molar-refractivity contribution in [1.29, 1.82) is 0 Å². The topological polar surface area (TPSA) is 81.4 Å². The molecule has 1 N–H and O–H groups in total. The number of aromatic nitrogens is 1. The van der Waals surface area contributed by atoms with E-state index in [0.717, 1.165) is 52.8 Å². The molecular formula is C24H24N2O4. The average Bonchev–Trinajstić information content (AvgIpc) is 3.23. The summed E-state index contributed by atoms with van der Waals surface area (Å²) >= 11 is 0. The predicted octanol–water partition coefficient (Wildman–Crippen LogP) is 4.39. The Morgan fingerprint density at radius 1 is 1.20 bits per heavy atom. The summed E-state index contributed by atoms with van der Waals surface area (Å²) in [5, 5.41) is 3.47. The SMILES string of the molecule is CC(C)NC(=O)COC(=O)c1c2c(nc3ccccc13)/C(=C\c1ccco1)CCC2. The summed E-state index contributed by atoms with van der Waals surface area (Å²) in [7, 11) is 0. The van der Waals surface area contributed by atoms with Gasteiger partial charge in [-0.3, -0.25) is 4.79 Å². The van der Waals surface area contributed by atoms with Gasteiger partial charge in [0.1, 0.15) is 5.76 Å². The number of hydrogen-bond donors (Lipinski definition) is 1. The lowest BCUT2D eigenvalue weighted by Crippen LogP contribution is -2.34. The number of benzene rings is 1. The molecule has 6 heteroatoms. The molecule has 1 amide bonds. The minimum atomic E-state index is -0.497. The van der Waals surface area contributed by atoms with E-state index in [1.165, 1.54) is 0 Å². The van der Waals surface area contributed by atoms with Crippen LogP contribution in [0, 0.1) is 0 Å². The zero-order valence-electron chi connectivity index (χ0n) is 17.1. The number of rotatable bonds is 5. The lowest BCUT2D eigenvalue weighted by Gasteiger charge is -2.22. The Morgan fingerprint density at radius 2 is 2.03 bits per heavy atom. The normalized spacial score (nSPS) is 14.7. The van der Waals surface area contributed by atoms with Gasteiger partial charge in [-0.05, 0) is 68.5 Å². The first-order valence-corrected chi connectivity index (χ1v) is 10.2. The van der Waals surface area contributed by atoms with Crippen LogP contribution < -0.4 is 5.32 Å². The van der Waals surface area contributed by atoms with Crippen molar-refractivity contribution in [3.8, 4) is 0 Å². The number of furan rings is 1. The number of fused-ring (bicyclic) bond motifs is 2. The monoisotopic (exact) mass is 404 g/mol. The number of carbonyl (C=O) groups is 2. The summed E-state index contributed by atoms with van der Waals surface area (Å²) in [6.07, 6.45) is 6.09. The fourth-order valence-corrected chi connectivity index (χ4v) is 3.82. The molecule has 4 rings (SSSR count). The van der Waals surface area contributed by atoms with Gasteiger partial charge in [-0.2, -0.15) is 0 Å². The van der Waals surface area contributed by atoms with E-state index in [2.05, 4.69) is 5.32 Å². The van der Waals surface area contributed by atoms with Gasteiger partial charge in [-0.15, -0.1) is 0 Å². The maximum Gasteiger partial charge on any atom is 0.339 e. The number of carbonyl (C=O) groups excluding carboxylic acids is 2. The Bertz CT molecular complexity index is 1110. The molecule has 1 aliphatic rings. The van der Waals surface area contributed by atoms with Crippen LogP contribution >= 0.6 is 0 Å². The summed E-state index contributed by atoms with van der Waals surface area (Å²) in [4.78, 5) is 29.9. The van der Waals surface area contributed by atoms with Crippen molar-refractivity contribution in [3.63, 3.8) is 0 Å². The van der Waals surface area contributed by atoms with Crippen LogP contribution in [-0.4, -0.2) is 29.5 Å².